The third kappa shape index (κ3) is 3.78. The van der Waals surface area contributed by atoms with Crippen LogP contribution >= 0.6 is 0 Å². The molecule has 1 amide bonds. The van der Waals surface area contributed by atoms with Gasteiger partial charge in [0, 0.05) is 17.2 Å². The van der Waals surface area contributed by atoms with Gasteiger partial charge in [-0.1, -0.05) is 5.16 Å². The molecule has 1 aliphatic rings. The summed E-state index contributed by atoms with van der Waals surface area (Å²) in [5.41, 5.74) is 0.668. The van der Waals surface area contributed by atoms with Crippen LogP contribution < -0.4 is 19.1 Å². The zero-order valence-corrected chi connectivity index (χ0v) is 18.5. The Morgan fingerprint density at radius 2 is 1.64 bits per heavy atom. The number of Topliss-reactive ketones (excluding diaryl/α,β-unsaturated/α-hetero) is 1. The van der Waals surface area contributed by atoms with Crippen LogP contribution in [0, 0.1) is 6.92 Å². The lowest BCUT2D eigenvalue weighted by molar-refractivity contribution is -0.132. The standard InChI is InChI=1S/C24H22N2O7/c1-13-11-19(25-33-13)26-21(17-12-16(31-3)9-10-18(17)32-4)20(23(28)24(26)29)22(27)14-5-7-15(30-2)8-6-14/h5-12,21,27H,1-4H3/t21-/m1/s1. The Labute approximate surface area is 189 Å². The molecular formula is C24H22N2O7. The maximum atomic E-state index is 13.2. The summed E-state index contributed by atoms with van der Waals surface area (Å²) < 4.78 is 21.2. The highest BCUT2D eigenvalue weighted by atomic mass is 16.5. The minimum Gasteiger partial charge on any atom is -0.507 e. The van der Waals surface area contributed by atoms with Crippen LogP contribution in [0.25, 0.3) is 5.76 Å². The molecule has 4 rings (SSSR count). The van der Waals surface area contributed by atoms with Gasteiger partial charge in [0.05, 0.1) is 26.9 Å². The molecule has 1 atom stereocenters. The molecule has 9 nitrogen and oxygen atoms in total. The van der Waals surface area contributed by atoms with Crippen molar-refractivity contribution in [1.82, 2.24) is 5.16 Å². The Hall–Kier alpha value is -4.27. The summed E-state index contributed by atoms with van der Waals surface area (Å²) in [6, 6.07) is 12.0. The second-order valence-corrected chi connectivity index (χ2v) is 7.30. The van der Waals surface area contributed by atoms with Crippen molar-refractivity contribution in [3.8, 4) is 17.2 Å². The SMILES string of the molecule is COc1ccc(C(O)=C2C(=O)C(=O)N(c3cc(C)on3)[C@@H]2c2cc(OC)ccc2OC)cc1. The van der Waals surface area contributed by atoms with Gasteiger partial charge in [-0.3, -0.25) is 14.5 Å². The van der Waals surface area contributed by atoms with Crippen LogP contribution in [0.1, 0.15) is 22.9 Å². The van der Waals surface area contributed by atoms with Gasteiger partial charge in [0.2, 0.25) is 0 Å². The number of rotatable bonds is 6. The van der Waals surface area contributed by atoms with Crippen LogP contribution in [-0.2, 0) is 9.59 Å². The molecule has 0 unspecified atom stereocenters. The molecule has 2 heterocycles. The molecule has 0 spiro atoms. The third-order valence-corrected chi connectivity index (χ3v) is 5.40. The molecule has 9 heteroatoms. The summed E-state index contributed by atoms with van der Waals surface area (Å²) in [6.07, 6.45) is 0. The van der Waals surface area contributed by atoms with E-state index < -0.39 is 17.7 Å². The van der Waals surface area contributed by atoms with Crippen molar-refractivity contribution >= 4 is 23.3 Å². The lowest BCUT2D eigenvalue weighted by atomic mass is 9.94. The van der Waals surface area contributed by atoms with E-state index in [1.54, 1.807) is 49.4 Å². The minimum atomic E-state index is -1.04. The average Bonchev–Trinajstić information content (AvgIpc) is 3.38. The minimum absolute atomic E-state index is 0.114. The highest BCUT2D eigenvalue weighted by molar-refractivity contribution is 6.51. The van der Waals surface area contributed by atoms with E-state index in [9.17, 15) is 14.7 Å². The quantitative estimate of drug-likeness (QED) is 0.344. The lowest BCUT2D eigenvalue weighted by Crippen LogP contribution is -2.30. The van der Waals surface area contributed by atoms with Crippen LogP contribution in [0.4, 0.5) is 5.82 Å². The van der Waals surface area contributed by atoms with Crippen molar-refractivity contribution in [2.45, 2.75) is 13.0 Å². The number of hydrogen-bond donors (Lipinski definition) is 1. The van der Waals surface area contributed by atoms with E-state index >= 15 is 0 Å². The number of hydrogen-bond acceptors (Lipinski definition) is 8. The van der Waals surface area contributed by atoms with Crippen LogP contribution in [0.15, 0.2) is 58.6 Å². The van der Waals surface area contributed by atoms with E-state index in [0.29, 0.717) is 34.1 Å². The van der Waals surface area contributed by atoms with Crippen molar-refractivity contribution in [2.75, 3.05) is 26.2 Å². The highest BCUT2D eigenvalue weighted by Crippen LogP contribution is 2.45. The molecule has 0 aliphatic carbocycles. The first-order valence-electron chi connectivity index (χ1n) is 10.00. The van der Waals surface area contributed by atoms with Gasteiger partial charge in [0.1, 0.15) is 34.8 Å². The topological polar surface area (TPSA) is 111 Å². The normalized spacial score (nSPS) is 17.3. The number of ether oxygens (including phenoxy) is 3. The van der Waals surface area contributed by atoms with Crippen molar-refractivity contribution in [3.63, 3.8) is 0 Å². The first kappa shape index (κ1) is 21.9. The van der Waals surface area contributed by atoms with Crippen molar-refractivity contribution in [3.05, 3.63) is 71.0 Å². The molecule has 33 heavy (non-hydrogen) atoms. The van der Waals surface area contributed by atoms with E-state index in [1.165, 1.54) is 32.3 Å². The molecule has 1 saturated heterocycles. The van der Waals surface area contributed by atoms with Crippen LogP contribution in [0.2, 0.25) is 0 Å². The fourth-order valence-electron chi connectivity index (χ4n) is 3.79. The first-order valence-corrected chi connectivity index (χ1v) is 10.00. The highest BCUT2D eigenvalue weighted by Gasteiger charge is 2.49. The predicted octanol–water partition coefficient (Wildman–Crippen LogP) is 3.64. The second-order valence-electron chi connectivity index (χ2n) is 7.30. The number of aromatic nitrogens is 1. The zero-order valence-electron chi connectivity index (χ0n) is 18.5. The molecule has 170 valence electrons. The summed E-state index contributed by atoms with van der Waals surface area (Å²) in [7, 11) is 4.50. The molecule has 1 aromatic heterocycles. The predicted molar refractivity (Wildman–Crippen MR) is 119 cm³/mol. The maximum absolute atomic E-state index is 13.2. The van der Waals surface area contributed by atoms with Crippen LogP contribution in [-0.4, -0.2) is 43.3 Å². The average molecular weight is 450 g/mol. The van der Waals surface area contributed by atoms with Gasteiger partial charge < -0.3 is 23.8 Å². The van der Waals surface area contributed by atoms with E-state index in [2.05, 4.69) is 5.16 Å². The van der Waals surface area contributed by atoms with Gasteiger partial charge >= 0.3 is 5.91 Å². The number of ketones is 1. The van der Waals surface area contributed by atoms with Crippen molar-refractivity contribution in [2.24, 2.45) is 0 Å². The number of aryl methyl sites for hydroxylation is 1. The molecule has 0 radical (unpaired) electrons. The lowest BCUT2D eigenvalue weighted by Gasteiger charge is -2.24. The van der Waals surface area contributed by atoms with Crippen molar-refractivity contribution < 1.29 is 33.4 Å². The number of aliphatic hydroxyl groups excluding tert-OH is 1. The fraction of sp³-hybridized carbons (Fsp3) is 0.208. The Kier molecular flexibility index (Phi) is 5.78. The fourth-order valence-corrected chi connectivity index (χ4v) is 3.79. The number of benzene rings is 2. The number of amides is 1. The molecule has 3 aromatic rings. The Balaban J connectivity index is 1.98. The van der Waals surface area contributed by atoms with Gasteiger partial charge in [0.15, 0.2) is 5.82 Å². The first-order chi connectivity index (χ1) is 15.9. The van der Waals surface area contributed by atoms with Crippen molar-refractivity contribution in [1.29, 1.82) is 0 Å². The Morgan fingerprint density at radius 1 is 0.970 bits per heavy atom. The monoisotopic (exact) mass is 450 g/mol. The summed E-state index contributed by atoms with van der Waals surface area (Å²) in [6.45, 7) is 1.67. The molecule has 1 aliphatic heterocycles. The van der Waals surface area contributed by atoms with Gasteiger partial charge in [-0.15, -0.1) is 0 Å². The summed E-state index contributed by atoms with van der Waals surface area (Å²) in [5, 5.41) is 15.1. The molecule has 1 fully saturated rings. The van der Waals surface area contributed by atoms with Gasteiger partial charge in [-0.25, -0.2) is 0 Å². The number of aliphatic hydroxyl groups is 1. The molecule has 0 bridgehead atoms. The molecule has 0 saturated carbocycles. The molecule has 1 N–H and O–H groups in total. The van der Waals surface area contributed by atoms with E-state index in [4.69, 9.17) is 18.7 Å². The summed E-state index contributed by atoms with van der Waals surface area (Å²) >= 11 is 0. The van der Waals surface area contributed by atoms with E-state index in [1.807, 2.05) is 0 Å². The zero-order chi connectivity index (χ0) is 23.7. The summed E-state index contributed by atoms with van der Waals surface area (Å²) in [4.78, 5) is 27.5. The molecule has 2 aromatic carbocycles. The number of methoxy groups -OCH3 is 3. The Bertz CT molecular complexity index is 1240. The van der Waals surface area contributed by atoms with Crippen LogP contribution in [0.5, 0.6) is 17.2 Å². The number of carbonyl (C=O) groups is 2. The van der Waals surface area contributed by atoms with E-state index in [0.717, 1.165) is 0 Å². The number of carbonyl (C=O) groups excluding carboxylic acids is 2. The van der Waals surface area contributed by atoms with Crippen LogP contribution in [0.3, 0.4) is 0 Å². The number of anilines is 1. The number of nitrogens with zero attached hydrogens (tertiary/aromatic N) is 2. The summed E-state index contributed by atoms with van der Waals surface area (Å²) in [5.74, 6) is -0.000794. The maximum Gasteiger partial charge on any atom is 0.301 e. The molecular weight excluding hydrogens is 428 g/mol. The van der Waals surface area contributed by atoms with Gasteiger partial charge in [-0.2, -0.15) is 0 Å². The second kappa shape index (κ2) is 8.70. The van der Waals surface area contributed by atoms with Gasteiger partial charge in [-0.05, 0) is 49.4 Å². The Morgan fingerprint density at radius 3 is 2.21 bits per heavy atom. The third-order valence-electron chi connectivity index (χ3n) is 5.40. The van der Waals surface area contributed by atoms with E-state index in [-0.39, 0.29) is 17.2 Å². The smallest absolute Gasteiger partial charge is 0.301 e. The largest absolute Gasteiger partial charge is 0.507 e. The van der Waals surface area contributed by atoms with Gasteiger partial charge in [0.25, 0.3) is 5.78 Å².